The minimum atomic E-state index is -0.137. The van der Waals surface area contributed by atoms with Crippen molar-refractivity contribution in [3.8, 4) is 17.2 Å². The summed E-state index contributed by atoms with van der Waals surface area (Å²) in [6.45, 7) is 12.0. The number of para-hydroxylation sites is 3. The fourth-order valence-corrected chi connectivity index (χ4v) is 4.83. The van der Waals surface area contributed by atoms with Crippen LogP contribution in [0, 0.1) is 0 Å². The van der Waals surface area contributed by atoms with Crippen LogP contribution < -0.4 is 14.2 Å². The second kappa shape index (κ2) is 11.0. The van der Waals surface area contributed by atoms with Crippen LogP contribution >= 0.6 is 0 Å². The van der Waals surface area contributed by atoms with Gasteiger partial charge < -0.3 is 14.2 Å². The van der Waals surface area contributed by atoms with Gasteiger partial charge in [0, 0.05) is 11.1 Å². The third kappa shape index (κ3) is 5.75. The lowest BCUT2D eigenvalue weighted by molar-refractivity contribution is 0.300. The number of benzene rings is 3. The average Bonchev–Trinajstić information content (AvgIpc) is 2.83. The van der Waals surface area contributed by atoms with Gasteiger partial charge in [-0.2, -0.15) is 0 Å². The Bertz CT molecular complexity index is 1080. The second-order valence-electron chi connectivity index (χ2n) is 10.3. The molecule has 0 bridgehead atoms. The van der Waals surface area contributed by atoms with Gasteiger partial charge in [0.15, 0.2) is 0 Å². The van der Waals surface area contributed by atoms with Gasteiger partial charge in [0.25, 0.3) is 0 Å². The van der Waals surface area contributed by atoms with Crippen LogP contribution in [0.25, 0.3) is 0 Å². The zero-order chi connectivity index (χ0) is 24.8. The van der Waals surface area contributed by atoms with E-state index in [0.717, 1.165) is 36.5 Å². The number of rotatable bonds is 11. The van der Waals surface area contributed by atoms with Crippen LogP contribution in [-0.4, -0.2) is 20.8 Å². The van der Waals surface area contributed by atoms with Crippen LogP contribution in [0.15, 0.2) is 66.7 Å². The van der Waals surface area contributed by atoms with Gasteiger partial charge in [0.1, 0.15) is 17.2 Å². The SMILES string of the molecule is CCCOc1c(CC(C)(C)c2ccccc2OC)cccc1C(C)(C)Cc1ccccc1OC. The summed E-state index contributed by atoms with van der Waals surface area (Å²) in [6, 6.07) is 23.2. The third-order valence-electron chi connectivity index (χ3n) is 6.57. The van der Waals surface area contributed by atoms with Crippen molar-refractivity contribution in [1.82, 2.24) is 0 Å². The highest BCUT2D eigenvalue weighted by Gasteiger charge is 2.31. The number of methoxy groups -OCH3 is 2. The lowest BCUT2D eigenvalue weighted by atomic mass is 9.75. The summed E-state index contributed by atoms with van der Waals surface area (Å²) < 4.78 is 17.8. The summed E-state index contributed by atoms with van der Waals surface area (Å²) in [5.74, 6) is 2.88. The highest BCUT2D eigenvalue weighted by Crippen LogP contribution is 2.42. The molecule has 0 aliphatic heterocycles. The molecule has 182 valence electrons. The van der Waals surface area contributed by atoms with E-state index in [1.54, 1.807) is 14.2 Å². The number of hydrogen-bond acceptors (Lipinski definition) is 3. The fraction of sp³-hybridized carbons (Fsp3) is 0.419. The van der Waals surface area contributed by atoms with E-state index in [1.165, 1.54) is 22.3 Å². The van der Waals surface area contributed by atoms with E-state index in [2.05, 4.69) is 77.1 Å². The van der Waals surface area contributed by atoms with Crippen molar-refractivity contribution in [2.75, 3.05) is 20.8 Å². The Hall–Kier alpha value is -2.94. The molecule has 3 nitrogen and oxygen atoms in total. The van der Waals surface area contributed by atoms with Crippen molar-refractivity contribution in [2.45, 2.75) is 64.7 Å². The molecular weight excluding hydrogens is 420 g/mol. The molecule has 0 heterocycles. The fourth-order valence-electron chi connectivity index (χ4n) is 4.83. The molecule has 34 heavy (non-hydrogen) atoms. The monoisotopic (exact) mass is 460 g/mol. The first-order chi connectivity index (χ1) is 16.2. The maximum atomic E-state index is 6.47. The zero-order valence-electron chi connectivity index (χ0n) is 21.9. The summed E-state index contributed by atoms with van der Waals surface area (Å²) in [7, 11) is 3.48. The van der Waals surface area contributed by atoms with Crippen LogP contribution in [0.1, 0.15) is 63.3 Å². The van der Waals surface area contributed by atoms with Crippen molar-refractivity contribution < 1.29 is 14.2 Å². The summed E-state index contributed by atoms with van der Waals surface area (Å²) in [4.78, 5) is 0. The van der Waals surface area contributed by atoms with E-state index in [0.29, 0.717) is 6.61 Å². The Morgan fingerprint density at radius 3 is 1.82 bits per heavy atom. The molecule has 0 aromatic heterocycles. The van der Waals surface area contributed by atoms with Crippen molar-refractivity contribution in [1.29, 1.82) is 0 Å². The topological polar surface area (TPSA) is 27.7 Å². The average molecular weight is 461 g/mol. The van der Waals surface area contributed by atoms with E-state index in [-0.39, 0.29) is 10.8 Å². The maximum absolute atomic E-state index is 6.47. The largest absolute Gasteiger partial charge is 0.496 e. The Labute approximate surface area is 206 Å². The van der Waals surface area contributed by atoms with Crippen LogP contribution in [0.5, 0.6) is 17.2 Å². The Morgan fingerprint density at radius 1 is 0.618 bits per heavy atom. The quantitative estimate of drug-likeness (QED) is 0.296. The molecule has 3 aromatic rings. The molecule has 0 saturated carbocycles. The molecule has 3 rings (SSSR count). The van der Waals surface area contributed by atoms with Gasteiger partial charge in [-0.15, -0.1) is 0 Å². The molecule has 0 aliphatic carbocycles. The van der Waals surface area contributed by atoms with Crippen LogP contribution in [-0.2, 0) is 23.7 Å². The van der Waals surface area contributed by atoms with Gasteiger partial charge >= 0.3 is 0 Å². The van der Waals surface area contributed by atoms with Crippen molar-refractivity contribution >= 4 is 0 Å². The summed E-state index contributed by atoms with van der Waals surface area (Å²) in [5, 5.41) is 0. The Balaban J connectivity index is 2.03. The van der Waals surface area contributed by atoms with Gasteiger partial charge in [-0.1, -0.05) is 89.2 Å². The second-order valence-corrected chi connectivity index (χ2v) is 10.3. The first-order valence-corrected chi connectivity index (χ1v) is 12.2. The van der Waals surface area contributed by atoms with Gasteiger partial charge in [-0.25, -0.2) is 0 Å². The van der Waals surface area contributed by atoms with Gasteiger partial charge in [0.2, 0.25) is 0 Å². The molecule has 0 N–H and O–H groups in total. The van der Waals surface area contributed by atoms with E-state index >= 15 is 0 Å². The van der Waals surface area contributed by atoms with E-state index in [1.807, 2.05) is 24.3 Å². The van der Waals surface area contributed by atoms with Crippen molar-refractivity contribution in [3.05, 3.63) is 89.0 Å². The highest BCUT2D eigenvalue weighted by atomic mass is 16.5. The highest BCUT2D eigenvalue weighted by molar-refractivity contribution is 5.49. The standard InChI is InChI=1S/C31H40O3/c1-8-20-34-29-24(22-30(2,3)25-16-10-12-19-28(25)33-7)15-13-17-26(29)31(4,5)21-23-14-9-11-18-27(23)32-6/h9-19H,8,20-22H2,1-7H3. The van der Waals surface area contributed by atoms with Gasteiger partial charge in [-0.3, -0.25) is 0 Å². The molecule has 0 unspecified atom stereocenters. The lowest BCUT2D eigenvalue weighted by Gasteiger charge is -2.32. The maximum Gasteiger partial charge on any atom is 0.126 e. The predicted octanol–water partition coefficient (Wildman–Crippen LogP) is 7.53. The van der Waals surface area contributed by atoms with Gasteiger partial charge in [-0.05, 0) is 53.4 Å². The number of ether oxygens (including phenoxy) is 3. The molecular formula is C31H40O3. The van der Waals surface area contributed by atoms with Crippen LogP contribution in [0.2, 0.25) is 0 Å². The van der Waals surface area contributed by atoms with Crippen molar-refractivity contribution in [2.24, 2.45) is 0 Å². The third-order valence-corrected chi connectivity index (χ3v) is 6.57. The molecule has 0 fully saturated rings. The molecule has 0 amide bonds. The predicted molar refractivity (Wildman–Crippen MR) is 142 cm³/mol. The first-order valence-electron chi connectivity index (χ1n) is 12.2. The van der Waals surface area contributed by atoms with Crippen LogP contribution in [0.4, 0.5) is 0 Å². The Kier molecular flexibility index (Phi) is 8.30. The van der Waals surface area contributed by atoms with E-state index < -0.39 is 0 Å². The van der Waals surface area contributed by atoms with Crippen LogP contribution in [0.3, 0.4) is 0 Å². The molecule has 3 heteroatoms. The summed E-state index contributed by atoms with van der Waals surface area (Å²) in [6.07, 6.45) is 2.68. The first kappa shape index (κ1) is 25.7. The molecule has 0 saturated heterocycles. The zero-order valence-corrected chi connectivity index (χ0v) is 21.9. The summed E-state index contributed by atoms with van der Waals surface area (Å²) >= 11 is 0. The summed E-state index contributed by atoms with van der Waals surface area (Å²) in [5.41, 5.74) is 4.62. The lowest BCUT2D eigenvalue weighted by Crippen LogP contribution is -2.25. The normalized spacial score (nSPS) is 11.9. The van der Waals surface area contributed by atoms with Crippen molar-refractivity contribution in [3.63, 3.8) is 0 Å². The molecule has 0 radical (unpaired) electrons. The minimum absolute atomic E-state index is 0.123. The minimum Gasteiger partial charge on any atom is -0.496 e. The smallest absolute Gasteiger partial charge is 0.126 e. The molecule has 3 aromatic carbocycles. The van der Waals surface area contributed by atoms with E-state index in [9.17, 15) is 0 Å². The molecule has 0 spiro atoms. The van der Waals surface area contributed by atoms with E-state index in [4.69, 9.17) is 14.2 Å². The number of hydrogen-bond donors (Lipinski definition) is 0. The Morgan fingerprint density at radius 2 is 1.15 bits per heavy atom. The molecule has 0 atom stereocenters. The van der Waals surface area contributed by atoms with Gasteiger partial charge in [0.05, 0.1) is 20.8 Å². The molecule has 0 aliphatic rings.